The first-order valence-electron chi connectivity index (χ1n) is 9.35. The van der Waals surface area contributed by atoms with E-state index in [1.165, 1.54) is 11.8 Å². The molecule has 2 aliphatic rings. The number of primary amides is 1. The van der Waals surface area contributed by atoms with Gasteiger partial charge in [-0.3, -0.25) is 18.9 Å². The van der Waals surface area contributed by atoms with Crippen LogP contribution < -0.4 is 21.7 Å². The maximum Gasteiger partial charge on any atom is 0.362 e. The lowest BCUT2D eigenvalue weighted by atomic mass is 10.0. The van der Waals surface area contributed by atoms with E-state index in [1.54, 1.807) is 41.8 Å². The maximum atomic E-state index is 12.9. The normalized spacial score (nSPS) is 23.2. The van der Waals surface area contributed by atoms with Crippen LogP contribution in [0.1, 0.15) is 24.4 Å². The van der Waals surface area contributed by atoms with Gasteiger partial charge in [-0.15, -0.1) is 11.8 Å². The molecule has 2 heterocycles. The summed E-state index contributed by atoms with van der Waals surface area (Å²) in [6.07, 6.45) is 1.96. The van der Waals surface area contributed by atoms with Crippen LogP contribution in [-0.2, 0) is 24.7 Å². The fourth-order valence-electron chi connectivity index (χ4n) is 3.31. The molecule has 2 unspecified atom stereocenters. The average Bonchev–Trinajstić information content (AvgIpc) is 3.15. The summed E-state index contributed by atoms with van der Waals surface area (Å²) in [6.45, 7) is -0.424. The largest absolute Gasteiger partial charge is 0.362 e. The molecule has 0 spiro atoms. The Bertz CT molecular complexity index is 1050. The van der Waals surface area contributed by atoms with Gasteiger partial charge < -0.3 is 21.7 Å². The summed E-state index contributed by atoms with van der Waals surface area (Å²) in [5, 5.41) is 9.25. The topological polar surface area (TPSA) is 188 Å². The molecule has 0 saturated carbocycles. The summed E-state index contributed by atoms with van der Waals surface area (Å²) in [7, 11) is -4.70. The van der Waals surface area contributed by atoms with Crippen LogP contribution in [-0.4, -0.2) is 58.5 Å². The number of hydrogen-bond donors (Lipinski definition) is 5. The molecule has 1 aromatic carbocycles. The molecule has 12 nitrogen and oxygen atoms in total. The zero-order chi connectivity index (χ0) is 23.5. The fourth-order valence-corrected chi connectivity index (χ4v) is 5.02. The summed E-state index contributed by atoms with van der Waals surface area (Å²) in [6, 6.07) is 5.07. The Morgan fingerprint density at radius 2 is 1.97 bits per heavy atom. The number of hydrogen-bond acceptors (Lipinski definition) is 7. The summed E-state index contributed by atoms with van der Waals surface area (Å²) in [5.74, 6) is -2.29. The minimum Gasteiger partial charge on any atom is -0.352 e. The van der Waals surface area contributed by atoms with Crippen LogP contribution in [0.3, 0.4) is 0 Å². The van der Waals surface area contributed by atoms with Crippen molar-refractivity contribution in [2.24, 2.45) is 5.73 Å². The highest BCUT2D eigenvalue weighted by Crippen LogP contribution is 2.37. The number of nitrogens with one attached hydrogen (secondary N) is 3. The number of thioether (sulfide) groups is 1. The number of nitrogens with two attached hydrogens (primary N) is 1. The Morgan fingerprint density at radius 1 is 1.28 bits per heavy atom. The Hall–Kier alpha value is -3.10. The first-order chi connectivity index (χ1) is 15.0. The molecule has 172 valence electrons. The molecule has 0 bridgehead atoms. The van der Waals surface area contributed by atoms with Gasteiger partial charge in [0, 0.05) is 0 Å². The van der Waals surface area contributed by atoms with Gasteiger partial charge in [0.25, 0.3) is 5.91 Å². The van der Waals surface area contributed by atoms with Gasteiger partial charge in [0.2, 0.25) is 11.8 Å². The zero-order valence-electron chi connectivity index (χ0n) is 16.6. The van der Waals surface area contributed by atoms with Crippen molar-refractivity contribution >= 4 is 45.8 Å². The van der Waals surface area contributed by atoms with Crippen molar-refractivity contribution in [1.29, 1.82) is 0 Å². The third kappa shape index (κ3) is 5.38. The highest BCUT2D eigenvalue weighted by Gasteiger charge is 2.45. The van der Waals surface area contributed by atoms with Crippen molar-refractivity contribution in [2.45, 2.75) is 29.8 Å². The molecule has 1 saturated heterocycles. The van der Waals surface area contributed by atoms with Crippen LogP contribution in [0, 0.1) is 0 Å². The molecule has 3 rings (SSSR count). The molecule has 0 aromatic heterocycles. The molecule has 6 N–H and O–H groups in total. The Kier molecular flexibility index (Phi) is 6.76. The van der Waals surface area contributed by atoms with Gasteiger partial charge in [0.15, 0.2) is 0 Å². The molecule has 2 aliphatic heterocycles. The van der Waals surface area contributed by atoms with E-state index in [1.807, 2.05) is 0 Å². The fraction of sp³-hybridized carbons (Fsp3) is 0.333. The third-order valence-corrected chi connectivity index (χ3v) is 6.90. The average molecular weight is 484 g/mol. The lowest BCUT2D eigenvalue weighted by Gasteiger charge is -2.36. The van der Waals surface area contributed by atoms with Gasteiger partial charge in [-0.2, -0.15) is 8.42 Å². The smallest absolute Gasteiger partial charge is 0.352 e. The van der Waals surface area contributed by atoms with Crippen molar-refractivity contribution < 1.29 is 32.1 Å². The standard InChI is InChI=1S/C18H21N5O7S2/c19-17(27)22-18(7-4-8-31-18)9-13(24)21-14(11-5-2-1-3-6-11)15(25)20-12-10-23(16(12)26)32(28,29)30/h1-6,8,12,14H,7,9-10H2,(H,20,25)(H,21,24)(H3,19,22,27)(H,28,29,30)/t12?,14-,18?/m1/s1. The number of rotatable bonds is 8. The van der Waals surface area contributed by atoms with Crippen molar-refractivity contribution in [3.05, 3.63) is 47.4 Å². The van der Waals surface area contributed by atoms with E-state index < -0.39 is 57.6 Å². The third-order valence-electron chi connectivity index (χ3n) is 4.82. The van der Waals surface area contributed by atoms with E-state index in [4.69, 9.17) is 10.3 Å². The maximum absolute atomic E-state index is 12.9. The number of urea groups is 1. The van der Waals surface area contributed by atoms with Crippen LogP contribution in [0.15, 0.2) is 41.8 Å². The summed E-state index contributed by atoms with van der Waals surface area (Å²) in [4.78, 5) is 47.9. The van der Waals surface area contributed by atoms with Gasteiger partial charge >= 0.3 is 16.3 Å². The second-order valence-electron chi connectivity index (χ2n) is 7.17. The van der Waals surface area contributed by atoms with Crippen LogP contribution in [0.2, 0.25) is 0 Å². The Balaban J connectivity index is 1.71. The van der Waals surface area contributed by atoms with E-state index >= 15 is 0 Å². The predicted molar refractivity (Wildman–Crippen MR) is 114 cm³/mol. The predicted octanol–water partition coefficient (Wildman–Crippen LogP) is -0.621. The summed E-state index contributed by atoms with van der Waals surface area (Å²) >= 11 is 1.22. The molecule has 1 aromatic rings. The SMILES string of the molecule is NC(=O)NC1(CC(=O)N[C@@H](C(=O)NC2CN(S(=O)(=O)O)C2=O)c2ccccc2)CC=CS1. The number of carbonyl (C=O) groups excluding carboxylic acids is 4. The minimum absolute atomic E-state index is 0.177. The molecule has 32 heavy (non-hydrogen) atoms. The van der Waals surface area contributed by atoms with E-state index in [2.05, 4.69) is 16.0 Å². The van der Waals surface area contributed by atoms with E-state index in [-0.39, 0.29) is 10.7 Å². The molecule has 0 aliphatic carbocycles. The van der Waals surface area contributed by atoms with Crippen molar-refractivity contribution in [2.75, 3.05) is 6.54 Å². The van der Waals surface area contributed by atoms with E-state index in [0.717, 1.165) is 0 Å². The number of nitrogens with zero attached hydrogens (tertiary/aromatic N) is 1. The molecule has 0 radical (unpaired) electrons. The molecular weight excluding hydrogens is 462 g/mol. The van der Waals surface area contributed by atoms with Gasteiger partial charge in [0.05, 0.1) is 13.0 Å². The van der Waals surface area contributed by atoms with Crippen LogP contribution in [0.25, 0.3) is 0 Å². The number of amides is 5. The number of carbonyl (C=O) groups is 4. The minimum atomic E-state index is -4.70. The lowest BCUT2D eigenvalue weighted by molar-refractivity contribution is -0.141. The first-order valence-corrected chi connectivity index (χ1v) is 11.6. The lowest BCUT2D eigenvalue weighted by Crippen LogP contribution is -2.66. The monoisotopic (exact) mass is 483 g/mol. The van der Waals surface area contributed by atoms with Gasteiger partial charge in [-0.25, -0.2) is 9.10 Å². The molecule has 14 heteroatoms. The quantitative estimate of drug-likeness (QED) is 0.239. The van der Waals surface area contributed by atoms with Gasteiger partial charge in [-0.05, 0) is 17.4 Å². The van der Waals surface area contributed by atoms with E-state index in [0.29, 0.717) is 12.0 Å². The Morgan fingerprint density at radius 3 is 2.50 bits per heavy atom. The zero-order valence-corrected chi connectivity index (χ0v) is 18.2. The second-order valence-corrected chi connectivity index (χ2v) is 9.80. The van der Waals surface area contributed by atoms with Crippen LogP contribution in [0.4, 0.5) is 4.79 Å². The highest BCUT2D eigenvalue weighted by molar-refractivity contribution is 8.03. The number of benzene rings is 1. The molecule has 3 atom stereocenters. The second kappa shape index (κ2) is 9.18. The van der Waals surface area contributed by atoms with Crippen LogP contribution in [0.5, 0.6) is 0 Å². The first kappa shape index (κ1) is 23.6. The van der Waals surface area contributed by atoms with Gasteiger partial charge in [-0.1, -0.05) is 36.4 Å². The summed E-state index contributed by atoms with van der Waals surface area (Å²) < 4.78 is 31.3. The van der Waals surface area contributed by atoms with Crippen molar-refractivity contribution in [3.8, 4) is 0 Å². The Labute approximate surface area is 187 Å². The summed E-state index contributed by atoms with van der Waals surface area (Å²) in [5.41, 5.74) is 5.64. The van der Waals surface area contributed by atoms with Crippen molar-refractivity contribution in [1.82, 2.24) is 20.3 Å². The molecule has 1 fully saturated rings. The van der Waals surface area contributed by atoms with Crippen molar-refractivity contribution in [3.63, 3.8) is 0 Å². The number of β-lactam (4-membered cyclic amide) rings is 1. The van der Waals surface area contributed by atoms with Gasteiger partial charge in [0.1, 0.15) is 17.0 Å². The molecule has 5 amide bonds. The van der Waals surface area contributed by atoms with Crippen LogP contribution >= 0.6 is 11.8 Å². The van der Waals surface area contributed by atoms with E-state index in [9.17, 15) is 27.6 Å². The molecular formula is C18H21N5O7S2. The highest BCUT2D eigenvalue weighted by atomic mass is 32.2.